The van der Waals surface area contributed by atoms with E-state index in [9.17, 15) is 9.59 Å². The SMILES string of the molecule is CC#CCn1c(N2CCCC(N)C2)nc2c1c(=O)n(Cc1ccccn1)c(=O)n2C. The largest absolute Gasteiger partial charge is 0.341 e. The van der Waals surface area contributed by atoms with Gasteiger partial charge in [0.1, 0.15) is 0 Å². The third kappa shape index (κ3) is 3.50. The molecule has 2 N–H and O–H groups in total. The van der Waals surface area contributed by atoms with Crippen LogP contribution in [0.4, 0.5) is 5.95 Å². The van der Waals surface area contributed by atoms with E-state index in [1.807, 2.05) is 6.07 Å². The van der Waals surface area contributed by atoms with Crippen LogP contribution in [-0.2, 0) is 20.1 Å². The third-order valence-electron chi connectivity index (χ3n) is 5.41. The molecule has 9 heteroatoms. The van der Waals surface area contributed by atoms with Gasteiger partial charge in [0.2, 0.25) is 5.95 Å². The molecule has 0 amide bonds. The van der Waals surface area contributed by atoms with E-state index in [1.165, 1.54) is 9.13 Å². The van der Waals surface area contributed by atoms with Gasteiger partial charge in [0.05, 0.1) is 18.8 Å². The first-order valence-electron chi connectivity index (χ1n) is 10.0. The standard InChI is InChI=1S/C21H25N7O2/c1-3-4-12-27-17-18(24-20(27)26-11-7-8-15(22)13-26)25(2)21(30)28(19(17)29)14-16-9-5-6-10-23-16/h5-6,9-10,15H,7-8,11-14,22H2,1-2H3. The molecule has 9 nitrogen and oxygen atoms in total. The van der Waals surface area contributed by atoms with Crippen LogP contribution in [0, 0.1) is 11.8 Å². The highest BCUT2D eigenvalue weighted by atomic mass is 16.2. The van der Waals surface area contributed by atoms with Gasteiger partial charge < -0.3 is 10.6 Å². The predicted octanol–water partition coefficient (Wildman–Crippen LogP) is 0.291. The molecule has 0 saturated carbocycles. The number of rotatable bonds is 4. The number of fused-ring (bicyclic) bond motifs is 1. The number of hydrogen-bond donors (Lipinski definition) is 1. The summed E-state index contributed by atoms with van der Waals surface area (Å²) in [5.74, 6) is 6.54. The Morgan fingerprint density at radius 3 is 2.80 bits per heavy atom. The molecular formula is C21H25N7O2. The average molecular weight is 407 g/mol. The number of hydrogen-bond acceptors (Lipinski definition) is 6. The number of aryl methyl sites for hydroxylation is 1. The molecule has 4 heterocycles. The molecule has 3 aromatic heterocycles. The highest BCUT2D eigenvalue weighted by Crippen LogP contribution is 2.22. The summed E-state index contributed by atoms with van der Waals surface area (Å²) in [7, 11) is 1.63. The molecule has 0 aromatic carbocycles. The van der Waals surface area contributed by atoms with E-state index in [2.05, 4.69) is 21.7 Å². The van der Waals surface area contributed by atoms with Crippen LogP contribution >= 0.6 is 0 Å². The first-order chi connectivity index (χ1) is 14.5. The summed E-state index contributed by atoms with van der Waals surface area (Å²) in [6, 6.07) is 5.46. The first kappa shape index (κ1) is 19.9. The van der Waals surface area contributed by atoms with Gasteiger partial charge in [-0.25, -0.2) is 4.79 Å². The lowest BCUT2D eigenvalue weighted by atomic mass is 10.1. The molecule has 156 valence electrons. The van der Waals surface area contributed by atoms with E-state index < -0.39 is 11.2 Å². The minimum absolute atomic E-state index is 0.0499. The highest BCUT2D eigenvalue weighted by Gasteiger charge is 2.26. The smallest absolute Gasteiger partial charge is 0.332 e. The maximum absolute atomic E-state index is 13.4. The minimum atomic E-state index is -0.425. The monoisotopic (exact) mass is 407 g/mol. The number of aromatic nitrogens is 5. The van der Waals surface area contributed by atoms with E-state index in [4.69, 9.17) is 10.7 Å². The van der Waals surface area contributed by atoms with Crippen molar-refractivity contribution in [3.8, 4) is 11.8 Å². The summed E-state index contributed by atoms with van der Waals surface area (Å²) in [5, 5.41) is 0. The quantitative estimate of drug-likeness (QED) is 0.624. The molecule has 0 bridgehead atoms. The summed E-state index contributed by atoms with van der Waals surface area (Å²) in [6.07, 6.45) is 3.55. The second kappa shape index (κ2) is 8.16. The van der Waals surface area contributed by atoms with Crippen molar-refractivity contribution in [1.29, 1.82) is 0 Å². The topological polar surface area (TPSA) is 104 Å². The first-order valence-corrected chi connectivity index (χ1v) is 10.0. The predicted molar refractivity (Wildman–Crippen MR) is 115 cm³/mol. The highest BCUT2D eigenvalue weighted by molar-refractivity contribution is 5.75. The molecule has 0 radical (unpaired) electrons. The lowest BCUT2D eigenvalue weighted by Gasteiger charge is -2.31. The summed E-state index contributed by atoms with van der Waals surface area (Å²) in [6.45, 7) is 3.61. The van der Waals surface area contributed by atoms with Crippen molar-refractivity contribution in [1.82, 2.24) is 23.7 Å². The second-order valence-corrected chi connectivity index (χ2v) is 7.50. The number of nitrogens with two attached hydrogens (primary N) is 1. The molecule has 1 aliphatic heterocycles. The second-order valence-electron chi connectivity index (χ2n) is 7.50. The third-order valence-corrected chi connectivity index (χ3v) is 5.41. The zero-order valence-corrected chi connectivity index (χ0v) is 17.2. The maximum atomic E-state index is 13.4. The fraction of sp³-hybridized carbons (Fsp3) is 0.429. The molecule has 1 unspecified atom stereocenters. The van der Waals surface area contributed by atoms with Gasteiger partial charge in [-0.2, -0.15) is 4.98 Å². The molecular weight excluding hydrogens is 382 g/mol. The van der Waals surface area contributed by atoms with Crippen LogP contribution in [0.1, 0.15) is 25.5 Å². The van der Waals surface area contributed by atoms with Crippen molar-refractivity contribution in [2.75, 3.05) is 18.0 Å². The van der Waals surface area contributed by atoms with Crippen molar-refractivity contribution in [3.05, 3.63) is 50.9 Å². The number of anilines is 1. The van der Waals surface area contributed by atoms with E-state index >= 15 is 0 Å². The van der Waals surface area contributed by atoms with Crippen LogP contribution in [0.5, 0.6) is 0 Å². The number of piperidine rings is 1. The number of imidazole rings is 1. The number of pyridine rings is 1. The molecule has 30 heavy (non-hydrogen) atoms. The van der Waals surface area contributed by atoms with Gasteiger partial charge in [0.25, 0.3) is 5.56 Å². The summed E-state index contributed by atoms with van der Waals surface area (Å²) >= 11 is 0. The van der Waals surface area contributed by atoms with E-state index in [-0.39, 0.29) is 12.6 Å². The molecule has 0 aliphatic carbocycles. The zero-order valence-electron chi connectivity index (χ0n) is 17.2. The van der Waals surface area contributed by atoms with Crippen LogP contribution in [0.15, 0.2) is 34.0 Å². The van der Waals surface area contributed by atoms with Crippen molar-refractivity contribution in [2.45, 2.75) is 38.9 Å². The zero-order chi connectivity index (χ0) is 21.3. The van der Waals surface area contributed by atoms with Crippen molar-refractivity contribution in [3.63, 3.8) is 0 Å². The van der Waals surface area contributed by atoms with E-state index in [0.717, 1.165) is 19.4 Å². The molecule has 1 saturated heterocycles. The summed E-state index contributed by atoms with van der Waals surface area (Å²) in [4.78, 5) is 37.4. The van der Waals surface area contributed by atoms with Crippen molar-refractivity contribution >= 4 is 17.1 Å². The Balaban J connectivity index is 1.93. The molecule has 3 aromatic rings. The molecule has 1 atom stereocenters. The van der Waals surface area contributed by atoms with Gasteiger partial charge >= 0.3 is 5.69 Å². The van der Waals surface area contributed by atoms with Gasteiger partial charge in [-0.15, -0.1) is 5.92 Å². The fourth-order valence-electron chi connectivity index (χ4n) is 3.89. The molecule has 4 rings (SSSR count). The maximum Gasteiger partial charge on any atom is 0.332 e. The Hall–Kier alpha value is -3.38. The Bertz CT molecular complexity index is 1240. The van der Waals surface area contributed by atoms with Gasteiger partial charge in [-0.3, -0.25) is 23.5 Å². The van der Waals surface area contributed by atoms with Gasteiger partial charge in [-0.1, -0.05) is 12.0 Å². The molecule has 1 aliphatic rings. The normalized spacial score (nSPS) is 16.5. The average Bonchev–Trinajstić information content (AvgIpc) is 3.14. The van der Waals surface area contributed by atoms with Crippen LogP contribution in [0.2, 0.25) is 0 Å². The van der Waals surface area contributed by atoms with Crippen LogP contribution in [-0.4, -0.2) is 42.8 Å². The Morgan fingerprint density at radius 2 is 2.10 bits per heavy atom. The fourth-order valence-corrected chi connectivity index (χ4v) is 3.89. The van der Waals surface area contributed by atoms with Crippen molar-refractivity contribution < 1.29 is 0 Å². The lowest BCUT2D eigenvalue weighted by molar-refractivity contribution is 0.496. The summed E-state index contributed by atoms with van der Waals surface area (Å²) in [5.41, 5.74) is 6.71. The molecule has 1 fully saturated rings. The van der Waals surface area contributed by atoms with E-state index in [1.54, 1.807) is 36.9 Å². The Morgan fingerprint density at radius 1 is 1.27 bits per heavy atom. The minimum Gasteiger partial charge on any atom is -0.341 e. The molecule has 0 spiro atoms. The Labute approximate surface area is 173 Å². The van der Waals surface area contributed by atoms with Gasteiger partial charge in [0, 0.05) is 32.4 Å². The van der Waals surface area contributed by atoms with E-state index in [0.29, 0.717) is 35.9 Å². The van der Waals surface area contributed by atoms with Crippen LogP contribution in [0.3, 0.4) is 0 Å². The summed E-state index contributed by atoms with van der Waals surface area (Å²) < 4.78 is 4.43. The number of nitrogens with zero attached hydrogens (tertiary/aromatic N) is 6. The Kier molecular flexibility index (Phi) is 5.42. The van der Waals surface area contributed by atoms with Crippen LogP contribution < -0.4 is 21.9 Å². The van der Waals surface area contributed by atoms with Gasteiger partial charge in [-0.05, 0) is 31.9 Å². The van der Waals surface area contributed by atoms with Crippen LogP contribution in [0.25, 0.3) is 11.2 Å². The van der Waals surface area contributed by atoms with Gasteiger partial charge in [0.15, 0.2) is 11.2 Å². The van der Waals surface area contributed by atoms with Crippen molar-refractivity contribution in [2.24, 2.45) is 12.8 Å². The lowest BCUT2D eigenvalue weighted by Crippen LogP contribution is -2.44.